The molecule has 0 bridgehead atoms. The van der Waals surface area contributed by atoms with Gasteiger partial charge in [0.25, 0.3) is 5.56 Å². The number of hydrogen-bond donors (Lipinski definition) is 2. The van der Waals surface area contributed by atoms with Crippen molar-refractivity contribution in [1.82, 2.24) is 28.9 Å². The van der Waals surface area contributed by atoms with E-state index < -0.39 is 0 Å². The number of benzene rings is 1. The second kappa shape index (κ2) is 13.2. The molecule has 3 N–H and O–H groups in total. The van der Waals surface area contributed by atoms with Gasteiger partial charge in [-0.05, 0) is 34.8 Å². The maximum Gasteiger partial charge on any atom is 0.338 e. The summed E-state index contributed by atoms with van der Waals surface area (Å²) in [5.41, 5.74) is 6.45. The Hall–Kier alpha value is -2.48. The van der Waals surface area contributed by atoms with E-state index in [-0.39, 0.29) is 38.5 Å². The quantitative estimate of drug-likeness (QED) is 0.313. The van der Waals surface area contributed by atoms with Crippen LogP contribution in [-0.4, -0.2) is 59.5 Å². The molecule has 0 aliphatic carbocycles. The van der Waals surface area contributed by atoms with E-state index in [9.17, 15) is 9.59 Å². The van der Waals surface area contributed by atoms with Crippen LogP contribution < -0.4 is 36.3 Å². The van der Waals surface area contributed by atoms with E-state index in [0.717, 1.165) is 25.7 Å². The molecule has 1 aliphatic heterocycles. The molecule has 0 unspecified atom stereocenters. The number of nitrogens with zero attached hydrogens (tertiary/aromatic N) is 5. The number of halogens is 2. The molecular weight excluding hydrogens is 634 g/mol. The first-order chi connectivity index (χ1) is 18.3. The molecule has 4 rings (SSSR count). The van der Waals surface area contributed by atoms with Gasteiger partial charge in [0.1, 0.15) is 18.9 Å². The summed E-state index contributed by atoms with van der Waals surface area (Å²) in [6.45, 7) is 7.37. The number of methoxy groups -OCH3 is 2. The predicted molar refractivity (Wildman–Crippen MR) is 164 cm³/mol. The SMILES string of the molecule is Br.CCCCn1c([N+]2(c3nc(N)c4cc(OC)c(OC)cc4n3)CCNCC2)c(Br)c(=O)n(CCCC)c1=O. The van der Waals surface area contributed by atoms with Crippen LogP contribution in [0.3, 0.4) is 0 Å². The molecule has 0 atom stereocenters. The van der Waals surface area contributed by atoms with Crippen LogP contribution in [0.1, 0.15) is 39.5 Å². The highest BCUT2D eigenvalue weighted by molar-refractivity contribution is 9.10. The molecule has 39 heavy (non-hydrogen) atoms. The highest BCUT2D eigenvalue weighted by Crippen LogP contribution is 2.40. The lowest BCUT2D eigenvalue weighted by molar-refractivity contribution is 0.293. The average molecular weight is 672 g/mol. The molecule has 13 heteroatoms. The minimum Gasteiger partial charge on any atom is -0.493 e. The van der Waals surface area contributed by atoms with Gasteiger partial charge in [-0.1, -0.05) is 26.7 Å². The predicted octanol–water partition coefficient (Wildman–Crippen LogP) is 3.74. The summed E-state index contributed by atoms with van der Waals surface area (Å²) in [4.78, 5) is 37.1. The van der Waals surface area contributed by atoms with Crippen LogP contribution in [0.2, 0.25) is 0 Å². The number of hydrogen-bond acceptors (Lipinski definition) is 8. The van der Waals surface area contributed by atoms with Gasteiger partial charge in [-0.15, -0.1) is 17.0 Å². The van der Waals surface area contributed by atoms with Gasteiger partial charge >= 0.3 is 11.6 Å². The fourth-order valence-corrected chi connectivity index (χ4v) is 5.81. The summed E-state index contributed by atoms with van der Waals surface area (Å²) in [6.07, 6.45) is 3.32. The van der Waals surface area contributed by atoms with Gasteiger partial charge in [-0.2, -0.15) is 9.97 Å². The number of aromatic nitrogens is 4. The molecule has 2 aromatic heterocycles. The van der Waals surface area contributed by atoms with Gasteiger partial charge in [-0.3, -0.25) is 9.36 Å². The van der Waals surface area contributed by atoms with E-state index in [4.69, 9.17) is 25.2 Å². The van der Waals surface area contributed by atoms with Crippen molar-refractivity contribution in [2.45, 2.75) is 52.6 Å². The van der Waals surface area contributed by atoms with E-state index >= 15 is 0 Å². The third-order valence-corrected chi connectivity index (χ3v) is 7.86. The van der Waals surface area contributed by atoms with Crippen molar-refractivity contribution in [2.24, 2.45) is 0 Å². The number of unbranched alkanes of at least 4 members (excludes halogenated alkanes) is 2. The summed E-state index contributed by atoms with van der Waals surface area (Å²) in [6, 6.07) is 3.54. The van der Waals surface area contributed by atoms with Crippen LogP contribution in [0, 0.1) is 0 Å². The lowest BCUT2D eigenvalue weighted by atomic mass is 10.2. The Bertz CT molecular complexity index is 1430. The van der Waals surface area contributed by atoms with Crippen molar-refractivity contribution in [3.05, 3.63) is 37.4 Å². The number of ether oxygens (including phenoxy) is 2. The molecule has 1 aliphatic rings. The van der Waals surface area contributed by atoms with E-state index in [1.165, 1.54) is 4.57 Å². The third kappa shape index (κ3) is 5.72. The maximum atomic E-state index is 13.8. The Morgan fingerprint density at radius 2 is 1.59 bits per heavy atom. The van der Waals surface area contributed by atoms with Gasteiger partial charge < -0.3 is 20.5 Å². The monoisotopic (exact) mass is 670 g/mol. The number of anilines is 1. The zero-order valence-electron chi connectivity index (χ0n) is 23.0. The molecule has 0 radical (unpaired) electrons. The topological polar surface area (TPSA) is 126 Å². The highest BCUT2D eigenvalue weighted by atomic mass is 79.9. The zero-order chi connectivity index (χ0) is 27.4. The van der Waals surface area contributed by atoms with Gasteiger partial charge in [-0.25, -0.2) is 13.8 Å². The fourth-order valence-electron chi connectivity index (χ4n) is 5.05. The third-order valence-electron chi connectivity index (χ3n) is 7.16. The first-order valence-corrected chi connectivity index (χ1v) is 13.9. The molecular formula is C26H38Br2N7O4+. The summed E-state index contributed by atoms with van der Waals surface area (Å²) < 4.78 is 14.5. The second-order valence-corrected chi connectivity index (χ2v) is 10.3. The maximum absolute atomic E-state index is 13.8. The average Bonchev–Trinajstić information content (AvgIpc) is 2.93. The first-order valence-electron chi connectivity index (χ1n) is 13.1. The number of rotatable bonds is 10. The Morgan fingerprint density at radius 3 is 2.18 bits per heavy atom. The lowest BCUT2D eigenvalue weighted by Gasteiger charge is -2.39. The number of nitrogen functional groups attached to an aromatic ring is 1. The zero-order valence-corrected chi connectivity index (χ0v) is 26.3. The number of piperazine rings is 1. The standard InChI is InChI=1S/C26H37BrN7O4.BrH/c1-5-7-11-32-23(21(27)24(35)33(26(32)36)12-8-6-2)34(13-9-29-10-14-34)25-30-18-16-20(38-4)19(37-3)15-17(18)22(28)31-25;/h15-16,29H,5-14H2,1-4H3,(H2,28,30,31);1H/q+1;. The molecule has 1 fully saturated rings. The van der Waals surface area contributed by atoms with Crippen molar-refractivity contribution in [3.8, 4) is 11.5 Å². The minimum absolute atomic E-state index is 0. The Balaban J connectivity index is 0.00000420. The van der Waals surface area contributed by atoms with Crippen molar-refractivity contribution in [1.29, 1.82) is 0 Å². The van der Waals surface area contributed by atoms with Crippen LogP contribution in [0.15, 0.2) is 26.2 Å². The number of quaternary nitrogens is 1. The van der Waals surface area contributed by atoms with Crippen LogP contribution in [0.5, 0.6) is 11.5 Å². The van der Waals surface area contributed by atoms with Gasteiger partial charge in [0.15, 0.2) is 16.0 Å². The molecule has 3 heterocycles. The van der Waals surface area contributed by atoms with E-state index in [1.54, 1.807) is 30.9 Å². The molecule has 214 valence electrons. The summed E-state index contributed by atoms with van der Waals surface area (Å²) in [7, 11) is 3.13. The second-order valence-electron chi connectivity index (χ2n) is 9.53. The van der Waals surface area contributed by atoms with Crippen molar-refractivity contribution >= 4 is 61.4 Å². The smallest absolute Gasteiger partial charge is 0.338 e. The summed E-state index contributed by atoms with van der Waals surface area (Å²) in [5, 5.41) is 4.03. The molecule has 3 aromatic rings. The fraction of sp³-hybridized carbons (Fsp3) is 0.538. The Morgan fingerprint density at radius 1 is 1.00 bits per heavy atom. The molecule has 0 spiro atoms. The summed E-state index contributed by atoms with van der Waals surface area (Å²) in [5.74, 6) is 2.34. The van der Waals surface area contributed by atoms with Gasteiger partial charge in [0.05, 0.1) is 19.7 Å². The van der Waals surface area contributed by atoms with Crippen molar-refractivity contribution in [2.75, 3.05) is 46.1 Å². The molecule has 0 saturated carbocycles. The number of nitrogens with two attached hydrogens (primary N) is 1. The molecule has 11 nitrogen and oxygen atoms in total. The Labute approximate surface area is 246 Å². The lowest BCUT2D eigenvalue weighted by Crippen LogP contribution is -2.60. The molecule has 1 aromatic carbocycles. The largest absolute Gasteiger partial charge is 0.493 e. The van der Waals surface area contributed by atoms with Crippen LogP contribution in [0.25, 0.3) is 10.9 Å². The van der Waals surface area contributed by atoms with Gasteiger partial charge in [0, 0.05) is 37.6 Å². The number of fused-ring (bicyclic) bond motifs is 1. The highest BCUT2D eigenvalue weighted by Gasteiger charge is 2.44. The minimum atomic E-state index is -0.331. The van der Waals surface area contributed by atoms with Crippen LogP contribution in [0.4, 0.5) is 17.6 Å². The van der Waals surface area contributed by atoms with Gasteiger partial charge in [0.2, 0.25) is 5.82 Å². The Kier molecular flexibility index (Phi) is 10.5. The summed E-state index contributed by atoms with van der Waals surface area (Å²) >= 11 is 3.63. The molecule has 1 saturated heterocycles. The van der Waals surface area contributed by atoms with Crippen molar-refractivity contribution < 1.29 is 9.47 Å². The van der Waals surface area contributed by atoms with E-state index in [0.29, 0.717) is 77.9 Å². The van der Waals surface area contributed by atoms with Crippen LogP contribution >= 0.6 is 32.9 Å². The first kappa shape index (κ1) is 31.1. The van der Waals surface area contributed by atoms with E-state index in [2.05, 4.69) is 28.2 Å². The van der Waals surface area contributed by atoms with Crippen LogP contribution in [-0.2, 0) is 13.1 Å². The molecule has 0 amide bonds. The normalized spacial score (nSPS) is 14.7. The van der Waals surface area contributed by atoms with E-state index in [1.807, 2.05) is 6.92 Å². The van der Waals surface area contributed by atoms with Crippen molar-refractivity contribution in [3.63, 3.8) is 0 Å². The number of nitrogens with one attached hydrogen (secondary N) is 1.